The number of fused-ring (bicyclic) bond motifs is 1. The van der Waals surface area contributed by atoms with Crippen LogP contribution in [0.25, 0.3) is 6.08 Å². The van der Waals surface area contributed by atoms with E-state index in [0.717, 1.165) is 11.3 Å². The number of ether oxygens (including phenoxy) is 1. The SMILES string of the molecule is CCOC(=O)C1=C(C)N=c2s/c(=C/c3cccc([N+](=O)[O-])c3)c(=O)n2C1c1cccc([N+](=O)[O-])c1. The summed E-state index contributed by atoms with van der Waals surface area (Å²) in [6.45, 7) is 3.34. The molecule has 0 saturated heterocycles. The third kappa shape index (κ3) is 4.51. The van der Waals surface area contributed by atoms with E-state index in [1.54, 1.807) is 26.0 Å². The molecule has 35 heavy (non-hydrogen) atoms. The van der Waals surface area contributed by atoms with Gasteiger partial charge < -0.3 is 4.74 Å². The van der Waals surface area contributed by atoms with Crippen LogP contribution >= 0.6 is 11.3 Å². The first-order valence-electron chi connectivity index (χ1n) is 10.4. The van der Waals surface area contributed by atoms with Gasteiger partial charge in [-0.15, -0.1) is 0 Å². The molecule has 0 spiro atoms. The van der Waals surface area contributed by atoms with Crippen molar-refractivity contribution < 1.29 is 19.4 Å². The van der Waals surface area contributed by atoms with E-state index in [-0.39, 0.29) is 32.9 Å². The number of allylic oxidation sites excluding steroid dienone is 1. The minimum Gasteiger partial charge on any atom is -0.463 e. The van der Waals surface area contributed by atoms with Crippen LogP contribution in [-0.2, 0) is 9.53 Å². The van der Waals surface area contributed by atoms with Crippen molar-refractivity contribution >= 4 is 34.8 Å². The zero-order chi connectivity index (χ0) is 25.3. The number of benzene rings is 2. The van der Waals surface area contributed by atoms with Gasteiger partial charge in [0.15, 0.2) is 4.80 Å². The number of thiazole rings is 1. The summed E-state index contributed by atoms with van der Waals surface area (Å²) in [6, 6.07) is 10.5. The van der Waals surface area contributed by atoms with Gasteiger partial charge in [-0.25, -0.2) is 9.79 Å². The van der Waals surface area contributed by atoms with Crippen LogP contribution in [0.15, 0.2) is 69.6 Å². The Labute approximate surface area is 201 Å². The van der Waals surface area contributed by atoms with Crippen molar-refractivity contribution in [2.24, 2.45) is 4.99 Å². The maximum atomic E-state index is 13.5. The first-order valence-corrected chi connectivity index (χ1v) is 11.2. The van der Waals surface area contributed by atoms with Crippen LogP contribution in [0.2, 0.25) is 0 Å². The Bertz CT molecular complexity index is 1590. The van der Waals surface area contributed by atoms with Crippen LogP contribution in [0.1, 0.15) is 31.0 Å². The highest BCUT2D eigenvalue weighted by atomic mass is 32.1. The highest BCUT2D eigenvalue weighted by molar-refractivity contribution is 7.07. The van der Waals surface area contributed by atoms with Gasteiger partial charge in [-0.1, -0.05) is 35.6 Å². The van der Waals surface area contributed by atoms with Crippen LogP contribution in [0, 0.1) is 20.2 Å². The molecule has 12 heteroatoms. The van der Waals surface area contributed by atoms with Crippen LogP contribution in [0.3, 0.4) is 0 Å². The van der Waals surface area contributed by atoms with Crippen molar-refractivity contribution in [3.8, 4) is 0 Å². The van der Waals surface area contributed by atoms with E-state index in [1.807, 2.05) is 0 Å². The number of nitro benzene ring substituents is 2. The van der Waals surface area contributed by atoms with E-state index in [9.17, 15) is 29.8 Å². The normalized spacial score (nSPS) is 15.4. The number of hydrogen-bond donors (Lipinski definition) is 0. The highest BCUT2D eigenvalue weighted by Crippen LogP contribution is 2.32. The minimum atomic E-state index is -1.00. The van der Waals surface area contributed by atoms with E-state index in [1.165, 1.54) is 47.0 Å². The number of nitro groups is 2. The Kier molecular flexibility index (Phi) is 6.38. The maximum absolute atomic E-state index is 13.5. The second kappa shape index (κ2) is 9.43. The number of rotatable bonds is 6. The van der Waals surface area contributed by atoms with E-state index < -0.39 is 27.4 Å². The van der Waals surface area contributed by atoms with Crippen molar-refractivity contribution in [3.05, 3.63) is 111 Å². The average molecular weight is 494 g/mol. The molecule has 0 bridgehead atoms. The topological polar surface area (TPSA) is 147 Å². The summed E-state index contributed by atoms with van der Waals surface area (Å²) < 4.78 is 6.73. The molecule has 11 nitrogen and oxygen atoms in total. The largest absolute Gasteiger partial charge is 0.463 e. The lowest BCUT2D eigenvalue weighted by Crippen LogP contribution is -2.40. The molecule has 1 aliphatic heterocycles. The monoisotopic (exact) mass is 494 g/mol. The molecule has 2 aromatic carbocycles. The predicted molar refractivity (Wildman–Crippen MR) is 127 cm³/mol. The smallest absolute Gasteiger partial charge is 0.338 e. The highest BCUT2D eigenvalue weighted by Gasteiger charge is 2.34. The summed E-state index contributed by atoms with van der Waals surface area (Å²) in [6.07, 6.45) is 1.50. The molecule has 0 radical (unpaired) electrons. The van der Waals surface area contributed by atoms with Crippen molar-refractivity contribution in [2.45, 2.75) is 19.9 Å². The Morgan fingerprint density at radius 2 is 1.80 bits per heavy atom. The van der Waals surface area contributed by atoms with Gasteiger partial charge >= 0.3 is 5.97 Å². The van der Waals surface area contributed by atoms with Gasteiger partial charge in [-0.2, -0.15) is 0 Å². The van der Waals surface area contributed by atoms with Crippen LogP contribution in [0.4, 0.5) is 11.4 Å². The lowest BCUT2D eigenvalue weighted by molar-refractivity contribution is -0.385. The number of nitrogens with zero attached hydrogens (tertiary/aromatic N) is 4. The standard InChI is InChI=1S/C23H18N4O7S/c1-3-34-22(29)19-13(2)24-23-25(20(19)15-7-5-9-17(12-15)27(32)33)21(28)18(35-23)11-14-6-4-8-16(10-14)26(30)31/h4-12,20H,3H2,1-2H3/b18-11+. The zero-order valence-electron chi connectivity index (χ0n) is 18.5. The first kappa shape index (κ1) is 23.7. The Morgan fingerprint density at radius 1 is 1.14 bits per heavy atom. The number of hydrogen-bond acceptors (Lipinski definition) is 9. The fraction of sp³-hybridized carbons (Fsp3) is 0.174. The van der Waals surface area contributed by atoms with E-state index >= 15 is 0 Å². The second-order valence-corrected chi connectivity index (χ2v) is 8.52. The molecule has 0 fully saturated rings. The number of esters is 1. The van der Waals surface area contributed by atoms with Crippen LogP contribution in [0.5, 0.6) is 0 Å². The van der Waals surface area contributed by atoms with Gasteiger partial charge in [0.1, 0.15) is 0 Å². The van der Waals surface area contributed by atoms with Gasteiger partial charge in [-0.3, -0.25) is 29.6 Å². The van der Waals surface area contributed by atoms with Crippen LogP contribution in [-0.4, -0.2) is 27.0 Å². The summed E-state index contributed by atoms with van der Waals surface area (Å²) in [5.41, 5.74) is 0.397. The van der Waals surface area contributed by atoms with E-state index in [0.29, 0.717) is 16.8 Å². The van der Waals surface area contributed by atoms with Crippen molar-refractivity contribution in [1.29, 1.82) is 0 Å². The first-order chi connectivity index (χ1) is 16.7. The Morgan fingerprint density at radius 3 is 2.46 bits per heavy atom. The van der Waals surface area contributed by atoms with Crippen molar-refractivity contribution in [2.75, 3.05) is 6.61 Å². The van der Waals surface area contributed by atoms with Crippen molar-refractivity contribution in [3.63, 3.8) is 0 Å². The number of carbonyl (C=O) groups is 1. The number of non-ortho nitro benzene ring substituents is 2. The molecule has 178 valence electrons. The molecule has 0 amide bonds. The molecular formula is C23H18N4O7S. The minimum absolute atomic E-state index is 0.0917. The van der Waals surface area contributed by atoms with Gasteiger partial charge in [-0.05, 0) is 31.1 Å². The molecule has 4 rings (SSSR count). The predicted octanol–water partition coefficient (Wildman–Crippen LogP) is 2.61. The molecule has 0 N–H and O–H groups in total. The summed E-state index contributed by atoms with van der Waals surface area (Å²) >= 11 is 1.05. The van der Waals surface area contributed by atoms with E-state index in [2.05, 4.69) is 4.99 Å². The molecule has 1 aromatic heterocycles. The Hall–Kier alpha value is -4.45. The summed E-state index contributed by atoms with van der Waals surface area (Å²) in [5, 5.41) is 22.5. The van der Waals surface area contributed by atoms with Gasteiger partial charge in [0.2, 0.25) is 0 Å². The lowest BCUT2D eigenvalue weighted by atomic mass is 9.95. The molecular weight excluding hydrogens is 476 g/mol. The van der Waals surface area contributed by atoms with Crippen LogP contribution < -0.4 is 14.9 Å². The molecule has 1 aliphatic rings. The summed E-state index contributed by atoms with van der Waals surface area (Å²) in [7, 11) is 0. The van der Waals surface area contributed by atoms with Gasteiger partial charge in [0.25, 0.3) is 16.9 Å². The fourth-order valence-corrected chi connectivity index (χ4v) is 4.84. The van der Waals surface area contributed by atoms with E-state index in [4.69, 9.17) is 4.74 Å². The third-order valence-corrected chi connectivity index (χ3v) is 6.28. The summed E-state index contributed by atoms with van der Waals surface area (Å²) in [4.78, 5) is 52.5. The lowest BCUT2D eigenvalue weighted by Gasteiger charge is -2.24. The molecule has 1 unspecified atom stereocenters. The fourth-order valence-electron chi connectivity index (χ4n) is 3.79. The average Bonchev–Trinajstić information content (AvgIpc) is 3.12. The number of aromatic nitrogens is 1. The molecule has 0 saturated carbocycles. The van der Waals surface area contributed by atoms with Gasteiger partial charge in [0, 0.05) is 24.3 Å². The quantitative estimate of drug-likeness (QED) is 0.291. The molecule has 3 aromatic rings. The van der Waals surface area contributed by atoms with Crippen molar-refractivity contribution in [1.82, 2.24) is 4.57 Å². The third-order valence-electron chi connectivity index (χ3n) is 5.29. The second-order valence-electron chi connectivity index (χ2n) is 7.51. The Balaban J connectivity index is 1.96. The number of carbonyl (C=O) groups excluding carboxylic acids is 1. The maximum Gasteiger partial charge on any atom is 0.338 e. The molecule has 2 heterocycles. The molecule has 0 aliphatic carbocycles. The summed E-state index contributed by atoms with van der Waals surface area (Å²) in [5.74, 6) is -0.682. The zero-order valence-corrected chi connectivity index (χ0v) is 19.4. The molecule has 1 atom stereocenters. The van der Waals surface area contributed by atoms with Gasteiger partial charge in [0.05, 0.1) is 38.3 Å².